The molecule has 0 saturated heterocycles. The van der Waals surface area contributed by atoms with Crippen molar-refractivity contribution in [1.29, 1.82) is 0 Å². The van der Waals surface area contributed by atoms with Gasteiger partial charge in [0.15, 0.2) is 0 Å². The third-order valence-corrected chi connectivity index (χ3v) is 3.13. The number of benzene rings is 1. The molecule has 2 rings (SSSR count). The van der Waals surface area contributed by atoms with E-state index >= 15 is 0 Å². The van der Waals surface area contributed by atoms with E-state index in [9.17, 15) is 9.59 Å². The quantitative estimate of drug-likeness (QED) is 0.797. The van der Waals surface area contributed by atoms with Gasteiger partial charge in [0.2, 0.25) is 0 Å². The van der Waals surface area contributed by atoms with Crippen LogP contribution in [0.2, 0.25) is 5.02 Å². The fourth-order valence-electron chi connectivity index (χ4n) is 1.90. The fourth-order valence-corrected chi connectivity index (χ4v) is 2.06. The number of aromatic nitrogens is 1. The predicted molar refractivity (Wildman–Crippen MR) is 66.3 cm³/mol. The highest BCUT2D eigenvalue weighted by Crippen LogP contribution is 2.28. The van der Waals surface area contributed by atoms with Gasteiger partial charge in [-0.15, -0.1) is 0 Å². The number of H-pyrrole nitrogens is 1. The van der Waals surface area contributed by atoms with Gasteiger partial charge in [0.1, 0.15) is 5.69 Å². The highest BCUT2D eigenvalue weighted by molar-refractivity contribution is 6.32. The SMILES string of the molecule is Cc1cc2c(CC(=O)O)c(C(=O)O)[nH]c2cc1Cl. The number of hydrogen-bond donors (Lipinski definition) is 3. The molecule has 0 aliphatic carbocycles. The van der Waals surface area contributed by atoms with E-state index in [2.05, 4.69) is 4.98 Å². The number of carboxylic acids is 2. The zero-order valence-electron chi connectivity index (χ0n) is 9.45. The van der Waals surface area contributed by atoms with Crippen LogP contribution in [0.25, 0.3) is 10.9 Å². The first-order valence-electron chi connectivity index (χ1n) is 5.16. The van der Waals surface area contributed by atoms with Crippen molar-refractivity contribution in [2.45, 2.75) is 13.3 Å². The summed E-state index contributed by atoms with van der Waals surface area (Å²) in [5, 5.41) is 19.0. The van der Waals surface area contributed by atoms with E-state index in [1.165, 1.54) is 0 Å². The summed E-state index contributed by atoms with van der Waals surface area (Å²) in [6, 6.07) is 3.29. The Morgan fingerprint density at radius 1 is 1.33 bits per heavy atom. The summed E-state index contributed by atoms with van der Waals surface area (Å²) in [7, 11) is 0. The van der Waals surface area contributed by atoms with Crippen molar-refractivity contribution < 1.29 is 19.8 Å². The third kappa shape index (κ3) is 2.04. The molecule has 3 N–H and O–H groups in total. The number of fused-ring (bicyclic) bond motifs is 1. The van der Waals surface area contributed by atoms with Crippen molar-refractivity contribution in [3.63, 3.8) is 0 Å². The van der Waals surface area contributed by atoms with Gasteiger partial charge in [0, 0.05) is 21.5 Å². The lowest BCUT2D eigenvalue weighted by molar-refractivity contribution is -0.136. The van der Waals surface area contributed by atoms with Crippen LogP contribution in [0.15, 0.2) is 12.1 Å². The molecule has 0 fully saturated rings. The predicted octanol–water partition coefficient (Wildman–Crippen LogP) is 2.46. The minimum Gasteiger partial charge on any atom is -0.481 e. The molecule has 1 aromatic carbocycles. The number of aryl methyl sites for hydroxylation is 1. The molecular formula is C12H10ClNO4. The largest absolute Gasteiger partial charge is 0.481 e. The van der Waals surface area contributed by atoms with E-state index in [4.69, 9.17) is 21.8 Å². The molecule has 0 spiro atoms. The van der Waals surface area contributed by atoms with Crippen molar-refractivity contribution >= 4 is 34.4 Å². The van der Waals surface area contributed by atoms with Gasteiger partial charge < -0.3 is 15.2 Å². The molecule has 0 amide bonds. The van der Waals surface area contributed by atoms with Gasteiger partial charge in [-0.25, -0.2) is 4.79 Å². The van der Waals surface area contributed by atoms with Gasteiger partial charge in [-0.2, -0.15) is 0 Å². The first-order chi connectivity index (χ1) is 8.40. The third-order valence-electron chi connectivity index (χ3n) is 2.73. The first kappa shape index (κ1) is 12.4. The molecule has 6 heteroatoms. The maximum Gasteiger partial charge on any atom is 0.352 e. The Morgan fingerprint density at radius 3 is 2.56 bits per heavy atom. The van der Waals surface area contributed by atoms with Gasteiger partial charge in [0.25, 0.3) is 0 Å². The van der Waals surface area contributed by atoms with Crippen molar-refractivity contribution in [2.75, 3.05) is 0 Å². The number of rotatable bonds is 3. The Balaban J connectivity index is 2.76. The average Bonchev–Trinajstić information content (AvgIpc) is 2.57. The van der Waals surface area contributed by atoms with Crippen LogP contribution in [0.4, 0.5) is 0 Å². The second-order valence-electron chi connectivity index (χ2n) is 4.00. The smallest absolute Gasteiger partial charge is 0.352 e. The fraction of sp³-hybridized carbons (Fsp3) is 0.167. The van der Waals surface area contributed by atoms with Crippen molar-refractivity contribution in [2.24, 2.45) is 0 Å². The molecule has 1 heterocycles. The van der Waals surface area contributed by atoms with Crippen LogP contribution >= 0.6 is 11.6 Å². The maximum absolute atomic E-state index is 11.1. The molecule has 0 bridgehead atoms. The number of nitrogens with one attached hydrogen (secondary N) is 1. The minimum absolute atomic E-state index is 0.103. The summed E-state index contributed by atoms with van der Waals surface area (Å²) in [5.41, 5.74) is 1.46. The molecule has 2 aromatic rings. The molecule has 94 valence electrons. The topological polar surface area (TPSA) is 90.4 Å². The van der Waals surface area contributed by atoms with Crippen LogP contribution in [0, 0.1) is 6.92 Å². The summed E-state index contributed by atoms with van der Waals surface area (Å²) in [5.74, 6) is -2.26. The van der Waals surface area contributed by atoms with Crippen LogP contribution in [-0.2, 0) is 11.2 Å². The van der Waals surface area contributed by atoms with Crippen LogP contribution in [0.5, 0.6) is 0 Å². The van der Waals surface area contributed by atoms with Crippen LogP contribution in [0.3, 0.4) is 0 Å². The summed E-state index contributed by atoms with van der Waals surface area (Å²) in [4.78, 5) is 24.6. The van der Waals surface area contributed by atoms with Crippen molar-refractivity contribution in [1.82, 2.24) is 4.98 Å². The monoisotopic (exact) mass is 267 g/mol. The molecule has 0 radical (unpaired) electrons. The lowest BCUT2D eigenvalue weighted by atomic mass is 10.1. The Hall–Kier alpha value is -2.01. The Labute approximate surface area is 107 Å². The molecule has 0 atom stereocenters. The number of hydrogen-bond acceptors (Lipinski definition) is 2. The number of aromatic amines is 1. The lowest BCUT2D eigenvalue weighted by Gasteiger charge is -2.00. The van der Waals surface area contributed by atoms with Gasteiger partial charge in [-0.3, -0.25) is 4.79 Å². The first-order valence-corrected chi connectivity index (χ1v) is 5.53. The summed E-state index contributed by atoms with van der Waals surface area (Å²) < 4.78 is 0. The van der Waals surface area contributed by atoms with Gasteiger partial charge in [-0.1, -0.05) is 11.6 Å². The Bertz CT molecular complexity index is 660. The van der Waals surface area contributed by atoms with Crippen molar-refractivity contribution in [3.05, 3.63) is 34.0 Å². The molecule has 0 aliphatic heterocycles. The van der Waals surface area contributed by atoms with E-state index in [-0.39, 0.29) is 17.7 Å². The normalized spacial score (nSPS) is 10.8. The number of aliphatic carboxylic acids is 1. The highest BCUT2D eigenvalue weighted by atomic mass is 35.5. The van der Waals surface area contributed by atoms with Gasteiger partial charge in [-0.05, 0) is 24.6 Å². The number of carbonyl (C=O) groups is 2. The van der Waals surface area contributed by atoms with E-state index in [0.717, 1.165) is 5.56 Å². The summed E-state index contributed by atoms with van der Waals surface area (Å²) in [6.07, 6.45) is -0.345. The number of aromatic carboxylic acids is 1. The number of halogens is 1. The standard InChI is InChI=1S/C12H10ClNO4/c1-5-2-6-7(3-10(15)16)11(12(17)18)14-9(6)4-8(5)13/h2,4,14H,3H2,1H3,(H,15,16)(H,17,18). The zero-order chi connectivity index (χ0) is 13.4. The Kier molecular flexibility index (Phi) is 3.00. The van der Waals surface area contributed by atoms with Gasteiger partial charge >= 0.3 is 11.9 Å². The molecule has 0 unspecified atom stereocenters. The molecule has 0 aliphatic rings. The van der Waals surface area contributed by atoms with Crippen LogP contribution < -0.4 is 0 Å². The van der Waals surface area contributed by atoms with Crippen molar-refractivity contribution in [3.8, 4) is 0 Å². The average molecular weight is 268 g/mol. The molecule has 5 nitrogen and oxygen atoms in total. The highest BCUT2D eigenvalue weighted by Gasteiger charge is 2.19. The van der Waals surface area contributed by atoms with E-state index < -0.39 is 11.9 Å². The summed E-state index contributed by atoms with van der Waals surface area (Å²) in [6.45, 7) is 1.78. The molecule has 1 aromatic heterocycles. The maximum atomic E-state index is 11.1. The van der Waals surface area contributed by atoms with Gasteiger partial charge in [0.05, 0.1) is 6.42 Å². The zero-order valence-corrected chi connectivity index (χ0v) is 10.2. The van der Waals surface area contributed by atoms with E-state index in [1.807, 2.05) is 0 Å². The lowest BCUT2D eigenvalue weighted by Crippen LogP contribution is -2.06. The van der Waals surface area contributed by atoms with Crippen LogP contribution in [-0.4, -0.2) is 27.1 Å². The van der Waals surface area contributed by atoms with E-state index in [1.54, 1.807) is 19.1 Å². The second kappa shape index (κ2) is 4.34. The molecule has 0 saturated carbocycles. The molecular weight excluding hydrogens is 258 g/mol. The Morgan fingerprint density at radius 2 is 2.00 bits per heavy atom. The summed E-state index contributed by atoms with van der Waals surface area (Å²) >= 11 is 5.95. The second-order valence-corrected chi connectivity index (χ2v) is 4.41. The molecule has 18 heavy (non-hydrogen) atoms. The number of carboxylic acid groups (broad SMARTS) is 2. The minimum atomic E-state index is -1.18. The van der Waals surface area contributed by atoms with Crippen LogP contribution in [0.1, 0.15) is 21.6 Å². The van der Waals surface area contributed by atoms with E-state index in [0.29, 0.717) is 15.9 Å².